The van der Waals surface area contributed by atoms with E-state index in [-0.39, 0.29) is 23.5 Å². The molecular weight excluding hydrogens is 438 g/mol. The summed E-state index contributed by atoms with van der Waals surface area (Å²) in [5, 5.41) is 17.1. The number of hydrogen-bond acceptors (Lipinski definition) is 6. The molecule has 8 heteroatoms. The summed E-state index contributed by atoms with van der Waals surface area (Å²) >= 11 is 0. The third-order valence-corrected chi connectivity index (χ3v) is 6.97. The highest BCUT2D eigenvalue weighted by Crippen LogP contribution is 2.42. The third kappa shape index (κ3) is 5.17. The minimum atomic E-state index is -0.311. The molecule has 182 valence electrons. The van der Waals surface area contributed by atoms with Crippen molar-refractivity contribution in [1.29, 1.82) is 5.41 Å². The first-order valence-corrected chi connectivity index (χ1v) is 11.7. The first kappa shape index (κ1) is 24.3. The quantitative estimate of drug-likeness (QED) is 0.385. The molecule has 2 aromatic heterocycles. The number of carbonyl (C=O) groups is 1. The van der Waals surface area contributed by atoms with Crippen LogP contribution in [0.4, 0.5) is 22.0 Å². The van der Waals surface area contributed by atoms with Gasteiger partial charge in [0.25, 0.3) is 0 Å². The minimum Gasteiger partial charge on any atom is -0.354 e. The summed E-state index contributed by atoms with van der Waals surface area (Å²) < 4.78 is 0. The van der Waals surface area contributed by atoms with Crippen LogP contribution in [0.25, 0.3) is 0 Å². The van der Waals surface area contributed by atoms with Crippen molar-refractivity contribution in [3.8, 4) is 0 Å². The second-order valence-electron chi connectivity index (χ2n) is 9.69. The summed E-state index contributed by atoms with van der Waals surface area (Å²) in [6.45, 7) is 9.22. The average Bonchev–Trinajstić information content (AvgIpc) is 3.02. The summed E-state index contributed by atoms with van der Waals surface area (Å²) in [7, 11) is 2.10. The lowest BCUT2D eigenvalue weighted by molar-refractivity contribution is 0.201. The zero-order chi connectivity index (χ0) is 25.2. The molecule has 1 aromatic carbocycles. The number of urea groups is 1. The van der Waals surface area contributed by atoms with Gasteiger partial charge in [0.05, 0.1) is 17.9 Å². The lowest BCUT2D eigenvalue weighted by Gasteiger charge is -2.35. The number of pyridine rings is 2. The molecule has 4 rings (SSSR count). The molecule has 0 bridgehead atoms. The SMILES string of the molecule is Cc1cc(Nc2cnc(NC(=O)N[C@@H]3CN(C)C(C)(C)[C@H]3c3ccccc3C)cc2C=N)ccn1. The highest BCUT2D eigenvalue weighted by atomic mass is 16.2. The smallest absolute Gasteiger partial charge is 0.320 e. The Hall–Kier alpha value is -3.78. The van der Waals surface area contributed by atoms with Gasteiger partial charge in [-0.05, 0) is 64.1 Å². The van der Waals surface area contributed by atoms with Crippen LogP contribution in [0.2, 0.25) is 0 Å². The van der Waals surface area contributed by atoms with Crippen LogP contribution in [0, 0.1) is 19.3 Å². The Morgan fingerprint density at radius 2 is 1.94 bits per heavy atom. The zero-order valence-electron chi connectivity index (χ0n) is 20.9. The Morgan fingerprint density at radius 3 is 2.66 bits per heavy atom. The van der Waals surface area contributed by atoms with Crippen molar-refractivity contribution in [1.82, 2.24) is 20.2 Å². The maximum atomic E-state index is 13.0. The van der Waals surface area contributed by atoms with Crippen LogP contribution in [-0.2, 0) is 0 Å². The summed E-state index contributed by atoms with van der Waals surface area (Å²) in [4.78, 5) is 23.9. The molecule has 0 radical (unpaired) electrons. The Morgan fingerprint density at radius 1 is 1.17 bits per heavy atom. The second-order valence-corrected chi connectivity index (χ2v) is 9.69. The van der Waals surface area contributed by atoms with Crippen molar-refractivity contribution in [3.05, 3.63) is 77.2 Å². The van der Waals surface area contributed by atoms with Crippen molar-refractivity contribution in [2.45, 2.75) is 45.2 Å². The number of likely N-dealkylation sites (N-methyl/N-ethyl adjacent to an activating group) is 1. The number of nitrogens with zero attached hydrogens (tertiary/aromatic N) is 3. The number of likely N-dealkylation sites (tertiary alicyclic amines) is 1. The largest absolute Gasteiger partial charge is 0.354 e. The second kappa shape index (κ2) is 9.84. The lowest BCUT2D eigenvalue weighted by Crippen LogP contribution is -2.44. The van der Waals surface area contributed by atoms with Gasteiger partial charge in [-0.1, -0.05) is 24.3 Å². The molecule has 3 heterocycles. The van der Waals surface area contributed by atoms with E-state index in [9.17, 15) is 4.79 Å². The summed E-state index contributed by atoms with van der Waals surface area (Å²) in [6.07, 6.45) is 4.58. The van der Waals surface area contributed by atoms with Crippen molar-refractivity contribution in [3.63, 3.8) is 0 Å². The average molecular weight is 472 g/mol. The highest BCUT2D eigenvalue weighted by molar-refractivity contribution is 5.92. The van der Waals surface area contributed by atoms with E-state index in [0.717, 1.165) is 17.9 Å². The molecule has 1 aliphatic heterocycles. The van der Waals surface area contributed by atoms with Crippen LogP contribution >= 0.6 is 0 Å². The van der Waals surface area contributed by atoms with E-state index in [1.54, 1.807) is 18.5 Å². The van der Waals surface area contributed by atoms with Crippen LogP contribution in [-0.4, -0.2) is 52.3 Å². The van der Waals surface area contributed by atoms with Crippen molar-refractivity contribution in [2.24, 2.45) is 0 Å². The molecule has 2 atom stereocenters. The number of hydrogen-bond donors (Lipinski definition) is 4. The van der Waals surface area contributed by atoms with Crippen molar-refractivity contribution < 1.29 is 4.79 Å². The van der Waals surface area contributed by atoms with Crippen LogP contribution < -0.4 is 16.0 Å². The molecule has 35 heavy (non-hydrogen) atoms. The van der Waals surface area contributed by atoms with E-state index >= 15 is 0 Å². The molecule has 3 aromatic rings. The fraction of sp³-hybridized carbons (Fsp3) is 0.333. The van der Waals surface area contributed by atoms with Crippen LogP contribution in [0.15, 0.2) is 54.9 Å². The Labute approximate surface area is 206 Å². The maximum Gasteiger partial charge on any atom is 0.320 e. The van der Waals surface area contributed by atoms with E-state index in [4.69, 9.17) is 5.41 Å². The first-order chi connectivity index (χ1) is 16.7. The molecule has 4 N–H and O–H groups in total. The van der Waals surface area contributed by atoms with Gasteiger partial charge >= 0.3 is 6.03 Å². The number of anilines is 3. The molecule has 0 spiro atoms. The van der Waals surface area contributed by atoms with E-state index < -0.39 is 0 Å². The molecule has 1 saturated heterocycles. The molecular formula is C27H33N7O. The van der Waals surface area contributed by atoms with Crippen molar-refractivity contribution in [2.75, 3.05) is 24.2 Å². The number of amides is 2. The summed E-state index contributed by atoms with van der Waals surface area (Å²) in [6, 6.07) is 13.5. The van der Waals surface area contributed by atoms with Gasteiger partial charge in [-0.25, -0.2) is 9.78 Å². The van der Waals surface area contributed by atoms with Gasteiger partial charge in [0.1, 0.15) is 5.82 Å². The standard InChI is InChI=1S/C27H33N7O/c1-17-8-6-7-9-21(17)25-23(16-34(5)27(25,3)4)32-26(35)33-24-13-19(14-28)22(15-30-24)31-20-10-11-29-18(2)12-20/h6-15,23,25,28H,16H2,1-5H3,(H,29,31)(H2,30,32,33,35)/t23-,25+/m1/s1. The highest BCUT2D eigenvalue weighted by Gasteiger charge is 2.47. The summed E-state index contributed by atoms with van der Waals surface area (Å²) in [5.74, 6) is 0.524. The Kier molecular flexibility index (Phi) is 6.84. The molecule has 0 unspecified atom stereocenters. The van der Waals surface area contributed by atoms with E-state index in [1.807, 2.05) is 25.1 Å². The number of aryl methyl sites for hydroxylation is 2. The fourth-order valence-electron chi connectivity index (χ4n) is 4.89. The van der Waals surface area contributed by atoms with E-state index in [2.05, 4.69) is 76.8 Å². The van der Waals surface area contributed by atoms with Gasteiger partial charge in [-0.2, -0.15) is 0 Å². The lowest BCUT2D eigenvalue weighted by atomic mass is 9.78. The molecule has 8 nitrogen and oxygen atoms in total. The number of benzene rings is 1. The molecule has 0 saturated carbocycles. The third-order valence-electron chi connectivity index (χ3n) is 6.97. The van der Waals surface area contributed by atoms with Gasteiger partial charge in [0, 0.05) is 47.4 Å². The van der Waals surface area contributed by atoms with Gasteiger partial charge in [-0.15, -0.1) is 0 Å². The Bertz CT molecular complexity index is 1240. The van der Waals surface area contributed by atoms with Gasteiger partial charge in [-0.3, -0.25) is 15.2 Å². The topological polar surface area (TPSA) is 106 Å². The van der Waals surface area contributed by atoms with Crippen LogP contribution in [0.1, 0.15) is 42.1 Å². The van der Waals surface area contributed by atoms with Gasteiger partial charge in [0.2, 0.25) is 0 Å². The predicted molar refractivity (Wildman–Crippen MR) is 141 cm³/mol. The normalized spacial score (nSPS) is 19.2. The number of nitrogens with one attached hydrogen (secondary N) is 4. The molecule has 2 amide bonds. The fourth-order valence-corrected chi connectivity index (χ4v) is 4.89. The first-order valence-electron chi connectivity index (χ1n) is 11.7. The van der Waals surface area contributed by atoms with Crippen LogP contribution in [0.3, 0.4) is 0 Å². The molecule has 1 aliphatic rings. The number of carbonyl (C=O) groups excluding carboxylic acids is 1. The van der Waals surface area contributed by atoms with Gasteiger partial charge in [0.15, 0.2) is 0 Å². The Balaban J connectivity index is 1.49. The monoisotopic (exact) mass is 471 g/mol. The zero-order valence-corrected chi connectivity index (χ0v) is 20.9. The predicted octanol–water partition coefficient (Wildman–Crippen LogP) is 4.83. The molecule has 0 aliphatic carbocycles. The van der Waals surface area contributed by atoms with E-state index in [1.165, 1.54) is 17.3 Å². The number of aromatic nitrogens is 2. The minimum absolute atomic E-state index is 0.0609. The molecule has 1 fully saturated rings. The van der Waals surface area contributed by atoms with Crippen molar-refractivity contribution >= 4 is 29.4 Å². The van der Waals surface area contributed by atoms with E-state index in [0.29, 0.717) is 17.1 Å². The van der Waals surface area contributed by atoms with Crippen LogP contribution in [0.5, 0.6) is 0 Å². The maximum absolute atomic E-state index is 13.0. The van der Waals surface area contributed by atoms with Gasteiger partial charge < -0.3 is 16.0 Å². The summed E-state index contributed by atoms with van der Waals surface area (Å²) in [5.41, 5.74) is 5.39. The number of rotatable bonds is 6.